The zero-order valence-corrected chi connectivity index (χ0v) is 15.2. The largest absolute Gasteiger partial charge is 0.505 e. The molecular formula is C12H17Cl5O4. The normalized spacial score (nSPS) is 9.38. The number of benzene rings is 1. The molecule has 0 unspecified atom stereocenters. The maximum absolute atomic E-state index is 9.20. The Morgan fingerprint density at radius 1 is 0.714 bits per heavy atom. The first kappa shape index (κ1) is 23.6. The van der Waals surface area contributed by atoms with Crippen LogP contribution in [0.3, 0.4) is 0 Å². The highest BCUT2D eigenvalue weighted by Gasteiger charge is 2.18. The molecule has 1 aromatic rings. The molecule has 0 bridgehead atoms. The summed E-state index contributed by atoms with van der Waals surface area (Å²) in [6, 6.07) is 0. The van der Waals surface area contributed by atoms with Crippen LogP contribution in [0.1, 0.15) is 13.8 Å². The molecule has 9 heteroatoms. The smallest absolute Gasteiger partial charge is 0.155 e. The Morgan fingerprint density at radius 3 is 1.19 bits per heavy atom. The molecule has 1 rings (SSSR count). The Hall–Kier alpha value is 0.350. The minimum Gasteiger partial charge on any atom is -0.505 e. The fraction of sp³-hybridized carbons (Fsp3) is 0.500. The average molecular weight is 403 g/mol. The Bertz CT molecular complexity index is 306. The fourth-order valence-electron chi connectivity index (χ4n) is 0.797. The molecule has 21 heavy (non-hydrogen) atoms. The third-order valence-corrected chi connectivity index (χ3v) is 3.95. The van der Waals surface area contributed by atoms with Crippen molar-refractivity contribution in [1.29, 1.82) is 0 Å². The summed E-state index contributed by atoms with van der Waals surface area (Å²) in [6.45, 7) is 5.42. The van der Waals surface area contributed by atoms with Gasteiger partial charge >= 0.3 is 0 Å². The summed E-state index contributed by atoms with van der Waals surface area (Å²) in [6.07, 6.45) is 0. The van der Waals surface area contributed by atoms with Crippen molar-refractivity contribution in [3.05, 3.63) is 25.1 Å². The molecule has 0 aliphatic heterocycles. The molecule has 0 atom stereocenters. The van der Waals surface area contributed by atoms with Gasteiger partial charge in [0.15, 0.2) is 5.75 Å². The second kappa shape index (κ2) is 14.0. The summed E-state index contributed by atoms with van der Waals surface area (Å²) < 4.78 is 4.83. The number of hydrogen-bond acceptors (Lipinski definition) is 4. The number of aliphatic hydroxyl groups excluding tert-OH is 2. The SMILES string of the molecule is CCOCC.OCCO.Oc1c(Cl)c(Cl)c(Cl)c(Cl)c1Cl. The summed E-state index contributed by atoms with van der Waals surface area (Å²) in [4.78, 5) is 0. The van der Waals surface area contributed by atoms with Crippen molar-refractivity contribution in [2.45, 2.75) is 13.8 Å². The van der Waals surface area contributed by atoms with Crippen LogP contribution in [0.25, 0.3) is 0 Å². The van der Waals surface area contributed by atoms with Gasteiger partial charge in [0.05, 0.1) is 28.3 Å². The van der Waals surface area contributed by atoms with E-state index in [1.165, 1.54) is 0 Å². The first-order valence-corrected chi connectivity index (χ1v) is 7.68. The van der Waals surface area contributed by atoms with Gasteiger partial charge in [0, 0.05) is 13.2 Å². The van der Waals surface area contributed by atoms with Gasteiger partial charge in [-0.15, -0.1) is 0 Å². The highest BCUT2D eigenvalue weighted by molar-refractivity contribution is 6.55. The van der Waals surface area contributed by atoms with Gasteiger partial charge < -0.3 is 20.1 Å². The molecule has 0 saturated carbocycles. The molecule has 1 aromatic carbocycles. The van der Waals surface area contributed by atoms with Crippen molar-refractivity contribution in [3.63, 3.8) is 0 Å². The Morgan fingerprint density at radius 2 is 1.00 bits per heavy atom. The van der Waals surface area contributed by atoms with Crippen LogP contribution < -0.4 is 0 Å². The third-order valence-electron chi connectivity index (χ3n) is 1.69. The van der Waals surface area contributed by atoms with E-state index in [1.54, 1.807) is 0 Å². The molecule has 0 spiro atoms. The second-order valence-corrected chi connectivity index (χ2v) is 5.04. The van der Waals surface area contributed by atoms with Gasteiger partial charge in [-0.05, 0) is 13.8 Å². The molecule has 0 radical (unpaired) electrons. The van der Waals surface area contributed by atoms with E-state index in [1.807, 2.05) is 13.8 Å². The van der Waals surface area contributed by atoms with Crippen LogP contribution in [0, 0.1) is 0 Å². The zero-order chi connectivity index (χ0) is 17.0. The summed E-state index contributed by atoms with van der Waals surface area (Å²) in [5.41, 5.74) is 0. The molecule has 0 heterocycles. The van der Waals surface area contributed by atoms with Gasteiger partial charge in [0.2, 0.25) is 0 Å². The molecule has 4 nitrogen and oxygen atoms in total. The van der Waals surface area contributed by atoms with E-state index in [-0.39, 0.29) is 44.1 Å². The number of phenols is 1. The summed E-state index contributed by atoms with van der Waals surface area (Å²) >= 11 is 27.9. The number of aliphatic hydroxyl groups is 2. The Kier molecular flexibility index (Phi) is 15.7. The van der Waals surface area contributed by atoms with Gasteiger partial charge in [-0.25, -0.2) is 0 Å². The molecule has 0 amide bonds. The number of rotatable bonds is 3. The van der Waals surface area contributed by atoms with E-state index in [0.29, 0.717) is 0 Å². The maximum atomic E-state index is 9.20. The van der Waals surface area contributed by atoms with Gasteiger partial charge in [-0.1, -0.05) is 58.0 Å². The van der Waals surface area contributed by atoms with Gasteiger partial charge in [0.25, 0.3) is 0 Å². The van der Waals surface area contributed by atoms with E-state index in [2.05, 4.69) is 0 Å². The molecule has 0 aliphatic rings. The number of ether oxygens (including phenoxy) is 1. The quantitative estimate of drug-likeness (QED) is 0.507. The second-order valence-electron chi connectivity index (χ2n) is 3.15. The number of hydrogen-bond donors (Lipinski definition) is 3. The maximum Gasteiger partial charge on any atom is 0.155 e. The van der Waals surface area contributed by atoms with Gasteiger partial charge in [-0.2, -0.15) is 0 Å². The fourth-order valence-corrected chi connectivity index (χ4v) is 1.93. The first-order valence-electron chi connectivity index (χ1n) is 5.79. The Balaban J connectivity index is 0. The molecule has 0 saturated heterocycles. The minimum absolute atomic E-state index is 0.00904. The van der Waals surface area contributed by atoms with E-state index in [9.17, 15) is 5.11 Å². The van der Waals surface area contributed by atoms with Crippen LogP contribution >= 0.6 is 58.0 Å². The topological polar surface area (TPSA) is 69.9 Å². The predicted molar refractivity (Wildman–Crippen MR) is 89.5 cm³/mol. The molecule has 0 aliphatic carbocycles. The van der Waals surface area contributed by atoms with E-state index >= 15 is 0 Å². The monoisotopic (exact) mass is 400 g/mol. The van der Waals surface area contributed by atoms with Crippen molar-refractivity contribution in [1.82, 2.24) is 0 Å². The summed E-state index contributed by atoms with van der Waals surface area (Å²) in [5.74, 6) is -0.363. The molecule has 124 valence electrons. The van der Waals surface area contributed by atoms with Crippen LogP contribution in [0.5, 0.6) is 5.75 Å². The molecule has 0 fully saturated rings. The van der Waals surface area contributed by atoms with Crippen molar-refractivity contribution in [2.24, 2.45) is 0 Å². The number of halogens is 5. The lowest BCUT2D eigenvalue weighted by molar-refractivity contribution is 0.162. The van der Waals surface area contributed by atoms with Gasteiger partial charge in [0.1, 0.15) is 10.0 Å². The Labute approximate surface area is 149 Å². The minimum atomic E-state index is -0.363. The van der Waals surface area contributed by atoms with Crippen molar-refractivity contribution >= 4 is 58.0 Å². The van der Waals surface area contributed by atoms with Crippen molar-refractivity contribution < 1.29 is 20.1 Å². The zero-order valence-electron chi connectivity index (χ0n) is 11.5. The number of aromatic hydroxyl groups is 1. The van der Waals surface area contributed by atoms with Crippen LogP contribution in [0.4, 0.5) is 0 Å². The summed E-state index contributed by atoms with van der Waals surface area (Å²) in [7, 11) is 0. The lowest BCUT2D eigenvalue weighted by Gasteiger charge is -2.06. The van der Waals surface area contributed by atoms with Crippen molar-refractivity contribution in [2.75, 3.05) is 26.4 Å². The average Bonchev–Trinajstić information content (AvgIpc) is 2.50. The molecular weight excluding hydrogens is 385 g/mol. The number of phenolic OH excluding ortho intramolecular Hbond substituents is 1. The first-order chi connectivity index (χ1) is 9.79. The highest BCUT2D eigenvalue weighted by atomic mass is 35.5. The van der Waals surface area contributed by atoms with E-state index in [4.69, 9.17) is 73.0 Å². The lowest BCUT2D eigenvalue weighted by atomic mass is 10.3. The van der Waals surface area contributed by atoms with Crippen LogP contribution in [-0.4, -0.2) is 41.7 Å². The van der Waals surface area contributed by atoms with Crippen LogP contribution in [0.15, 0.2) is 0 Å². The van der Waals surface area contributed by atoms with E-state index in [0.717, 1.165) is 13.2 Å². The van der Waals surface area contributed by atoms with Gasteiger partial charge in [-0.3, -0.25) is 0 Å². The standard InChI is InChI=1S/C6HCl5O.C4H10O.C2H6O2/c7-1-2(8)4(10)6(12)5(11)3(1)9;1-3-5-4-2;3-1-2-4/h12H;3-4H2,1-2H3;3-4H,1-2H2. The lowest BCUT2D eigenvalue weighted by Crippen LogP contribution is -1.85. The van der Waals surface area contributed by atoms with Crippen LogP contribution in [-0.2, 0) is 4.74 Å². The molecule has 0 aromatic heterocycles. The van der Waals surface area contributed by atoms with Crippen molar-refractivity contribution in [3.8, 4) is 5.75 Å². The molecule has 3 N–H and O–H groups in total. The summed E-state index contributed by atoms with van der Waals surface area (Å²) in [5, 5.41) is 24.3. The van der Waals surface area contributed by atoms with E-state index < -0.39 is 0 Å². The third kappa shape index (κ3) is 9.16. The highest BCUT2D eigenvalue weighted by Crippen LogP contribution is 2.47. The predicted octanol–water partition coefficient (Wildman–Crippen LogP) is 4.67. The van der Waals surface area contributed by atoms with Crippen LogP contribution in [0.2, 0.25) is 25.1 Å².